The number of ether oxygens (including phenoxy) is 2. The lowest BCUT2D eigenvalue weighted by Crippen LogP contribution is -2.26. The molecule has 5 nitrogen and oxygen atoms in total. The van der Waals surface area contributed by atoms with Gasteiger partial charge in [-0.1, -0.05) is 11.6 Å². The standard InChI is InChI=1S/C18H18ClN3O2/c1-23-14-5-7-17(24-2)12(9-14)11-22(13-3-4-13)18-8-6-15(19)16(10-20)21-18/h5-9,13H,3-4,11H2,1-2H3. The summed E-state index contributed by atoms with van der Waals surface area (Å²) in [6.45, 7) is 0.630. The lowest BCUT2D eigenvalue weighted by molar-refractivity contribution is 0.398. The van der Waals surface area contributed by atoms with Gasteiger partial charge in [0.1, 0.15) is 23.4 Å². The number of rotatable bonds is 6. The molecule has 0 bridgehead atoms. The van der Waals surface area contributed by atoms with E-state index in [4.69, 9.17) is 26.3 Å². The first kappa shape index (κ1) is 16.4. The van der Waals surface area contributed by atoms with Gasteiger partial charge in [0.15, 0.2) is 5.69 Å². The van der Waals surface area contributed by atoms with Crippen molar-refractivity contribution in [1.29, 1.82) is 5.26 Å². The molecule has 124 valence electrons. The van der Waals surface area contributed by atoms with Crippen molar-refractivity contribution in [3.63, 3.8) is 0 Å². The molecule has 0 radical (unpaired) electrons. The number of benzene rings is 1. The largest absolute Gasteiger partial charge is 0.497 e. The fourth-order valence-corrected chi connectivity index (χ4v) is 2.79. The monoisotopic (exact) mass is 343 g/mol. The SMILES string of the molecule is COc1ccc(OC)c(CN(c2ccc(Cl)c(C#N)n2)C2CC2)c1. The highest BCUT2D eigenvalue weighted by Crippen LogP contribution is 2.35. The number of nitrogens with zero attached hydrogens (tertiary/aromatic N) is 3. The van der Waals surface area contributed by atoms with Crippen LogP contribution in [0.25, 0.3) is 0 Å². The van der Waals surface area contributed by atoms with E-state index in [0.29, 0.717) is 17.6 Å². The fraction of sp³-hybridized carbons (Fsp3) is 0.333. The average molecular weight is 344 g/mol. The predicted molar refractivity (Wildman–Crippen MR) is 92.7 cm³/mol. The van der Waals surface area contributed by atoms with Crippen LogP contribution < -0.4 is 14.4 Å². The van der Waals surface area contributed by atoms with Crippen LogP contribution in [-0.2, 0) is 6.54 Å². The van der Waals surface area contributed by atoms with Gasteiger partial charge in [-0.15, -0.1) is 0 Å². The number of anilines is 1. The molecular weight excluding hydrogens is 326 g/mol. The van der Waals surface area contributed by atoms with E-state index in [2.05, 4.69) is 9.88 Å². The topological polar surface area (TPSA) is 58.4 Å². The van der Waals surface area contributed by atoms with E-state index in [9.17, 15) is 0 Å². The van der Waals surface area contributed by atoms with Gasteiger partial charge in [0, 0.05) is 18.2 Å². The molecule has 6 heteroatoms. The highest BCUT2D eigenvalue weighted by Gasteiger charge is 2.31. The lowest BCUT2D eigenvalue weighted by atomic mass is 10.1. The summed E-state index contributed by atoms with van der Waals surface area (Å²) in [7, 11) is 3.30. The summed E-state index contributed by atoms with van der Waals surface area (Å²) in [5, 5.41) is 9.54. The number of methoxy groups -OCH3 is 2. The number of halogens is 1. The maximum atomic E-state index is 9.17. The molecule has 0 spiro atoms. The van der Waals surface area contributed by atoms with E-state index in [0.717, 1.165) is 35.7 Å². The van der Waals surface area contributed by atoms with Crippen molar-refractivity contribution in [2.45, 2.75) is 25.4 Å². The first-order valence-electron chi connectivity index (χ1n) is 7.70. The molecule has 1 heterocycles. The molecule has 1 saturated carbocycles. The molecule has 1 aromatic carbocycles. The smallest absolute Gasteiger partial charge is 0.161 e. The zero-order chi connectivity index (χ0) is 17.1. The van der Waals surface area contributed by atoms with Crippen molar-refractivity contribution >= 4 is 17.4 Å². The molecule has 0 N–H and O–H groups in total. The average Bonchev–Trinajstić information content (AvgIpc) is 3.45. The number of pyridine rings is 1. The second kappa shape index (κ2) is 6.98. The van der Waals surface area contributed by atoms with Crippen molar-refractivity contribution in [3.05, 3.63) is 46.6 Å². The molecule has 1 aliphatic rings. The van der Waals surface area contributed by atoms with Gasteiger partial charge < -0.3 is 14.4 Å². The van der Waals surface area contributed by atoms with E-state index < -0.39 is 0 Å². The van der Waals surface area contributed by atoms with Crippen LogP contribution in [0.1, 0.15) is 24.1 Å². The number of aromatic nitrogens is 1. The molecule has 0 saturated heterocycles. The normalized spacial score (nSPS) is 13.2. The lowest BCUT2D eigenvalue weighted by Gasteiger charge is -2.25. The van der Waals surface area contributed by atoms with E-state index in [1.54, 1.807) is 20.3 Å². The summed E-state index contributed by atoms with van der Waals surface area (Å²) < 4.78 is 10.8. The molecule has 0 atom stereocenters. The minimum Gasteiger partial charge on any atom is -0.497 e. The maximum absolute atomic E-state index is 9.17. The van der Waals surface area contributed by atoms with E-state index in [-0.39, 0.29) is 5.69 Å². The molecular formula is C18H18ClN3O2. The Morgan fingerprint density at radius 3 is 2.67 bits per heavy atom. The van der Waals surface area contributed by atoms with E-state index in [1.807, 2.05) is 30.3 Å². The van der Waals surface area contributed by atoms with Gasteiger partial charge >= 0.3 is 0 Å². The molecule has 2 aromatic rings. The van der Waals surface area contributed by atoms with Crippen molar-refractivity contribution in [1.82, 2.24) is 4.98 Å². The van der Waals surface area contributed by atoms with Crippen LogP contribution >= 0.6 is 11.6 Å². The Hall–Kier alpha value is -2.45. The second-order valence-electron chi connectivity index (χ2n) is 5.65. The van der Waals surface area contributed by atoms with Crippen molar-refractivity contribution in [3.8, 4) is 17.6 Å². The molecule has 0 aliphatic heterocycles. The summed E-state index contributed by atoms with van der Waals surface area (Å²) >= 11 is 6.00. The van der Waals surface area contributed by atoms with Crippen LogP contribution in [0.3, 0.4) is 0 Å². The minimum atomic E-state index is 0.248. The quantitative estimate of drug-likeness (QED) is 0.798. The summed E-state index contributed by atoms with van der Waals surface area (Å²) in [4.78, 5) is 6.60. The zero-order valence-corrected chi connectivity index (χ0v) is 14.4. The first-order chi connectivity index (χ1) is 11.7. The Morgan fingerprint density at radius 2 is 2.04 bits per heavy atom. The van der Waals surface area contributed by atoms with E-state index in [1.165, 1.54) is 0 Å². The third-order valence-corrected chi connectivity index (χ3v) is 4.35. The molecule has 3 rings (SSSR count). The van der Waals surface area contributed by atoms with Crippen molar-refractivity contribution in [2.75, 3.05) is 19.1 Å². The van der Waals surface area contributed by atoms with Crippen LogP contribution in [0, 0.1) is 11.3 Å². The Bertz CT molecular complexity index is 784. The maximum Gasteiger partial charge on any atom is 0.161 e. The van der Waals surface area contributed by atoms with Crippen LogP contribution in [0.5, 0.6) is 11.5 Å². The second-order valence-corrected chi connectivity index (χ2v) is 6.06. The number of hydrogen-bond acceptors (Lipinski definition) is 5. The first-order valence-corrected chi connectivity index (χ1v) is 8.08. The fourth-order valence-electron chi connectivity index (χ4n) is 2.64. The number of nitriles is 1. The van der Waals surface area contributed by atoms with Gasteiger partial charge in [-0.2, -0.15) is 5.26 Å². The molecule has 0 amide bonds. The Labute approximate surface area is 146 Å². The molecule has 1 fully saturated rings. The van der Waals surface area contributed by atoms with Gasteiger partial charge in [-0.25, -0.2) is 4.98 Å². The van der Waals surface area contributed by atoms with E-state index >= 15 is 0 Å². The van der Waals surface area contributed by atoms with Crippen molar-refractivity contribution < 1.29 is 9.47 Å². The molecule has 24 heavy (non-hydrogen) atoms. The van der Waals surface area contributed by atoms with Crippen molar-refractivity contribution in [2.24, 2.45) is 0 Å². The third kappa shape index (κ3) is 3.39. The molecule has 1 aliphatic carbocycles. The van der Waals surface area contributed by atoms with Gasteiger partial charge in [0.2, 0.25) is 0 Å². The highest BCUT2D eigenvalue weighted by molar-refractivity contribution is 6.31. The van der Waals surface area contributed by atoms with Crippen LogP contribution in [-0.4, -0.2) is 25.2 Å². The van der Waals surface area contributed by atoms with Gasteiger partial charge in [-0.05, 0) is 43.2 Å². The number of hydrogen-bond donors (Lipinski definition) is 0. The Morgan fingerprint density at radius 1 is 1.25 bits per heavy atom. The highest BCUT2D eigenvalue weighted by atomic mass is 35.5. The third-order valence-electron chi connectivity index (χ3n) is 4.05. The van der Waals surface area contributed by atoms with Gasteiger partial charge in [0.25, 0.3) is 0 Å². The van der Waals surface area contributed by atoms with Crippen LogP contribution in [0.4, 0.5) is 5.82 Å². The predicted octanol–water partition coefficient (Wildman–Crippen LogP) is 3.79. The Kier molecular flexibility index (Phi) is 4.77. The van der Waals surface area contributed by atoms with Crippen LogP contribution in [0.2, 0.25) is 5.02 Å². The summed E-state index contributed by atoms with van der Waals surface area (Å²) in [5.74, 6) is 2.34. The molecule has 1 aromatic heterocycles. The van der Waals surface area contributed by atoms with Gasteiger partial charge in [0.05, 0.1) is 19.2 Å². The zero-order valence-electron chi connectivity index (χ0n) is 13.6. The summed E-state index contributed by atoms with van der Waals surface area (Å²) in [6.07, 6.45) is 2.22. The van der Waals surface area contributed by atoms with Gasteiger partial charge in [-0.3, -0.25) is 0 Å². The minimum absolute atomic E-state index is 0.248. The molecule has 0 unspecified atom stereocenters. The van der Waals surface area contributed by atoms with Crippen LogP contribution in [0.15, 0.2) is 30.3 Å². The summed E-state index contributed by atoms with van der Waals surface area (Å²) in [5.41, 5.74) is 1.26. The summed E-state index contributed by atoms with van der Waals surface area (Å²) in [6, 6.07) is 11.8. The Balaban J connectivity index is 1.95.